The summed E-state index contributed by atoms with van der Waals surface area (Å²) in [7, 11) is 0. The highest BCUT2D eigenvalue weighted by atomic mass is 32.2. The zero-order valence-electron chi connectivity index (χ0n) is 13.0. The molecule has 1 atom stereocenters. The SMILES string of the molecule is CCCCOCCOCCOCCC1(C(=O)O)CCCS1. The zero-order chi connectivity index (χ0) is 15.4. The van der Waals surface area contributed by atoms with E-state index < -0.39 is 10.7 Å². The summed E-state index contributed by atoms with van der Waals surface area (Å²) in [5, 5.41) is 9.31. The number of carboxylic acid groups (broad SMARTS) is 1. The maximum absolute atomic E-state index is 11.3. The Morgan fingerprint density at radius 2 is 1.71 bits per heavy atom. The molecule has 124 valence electrons. The number of carbonyl (C=O) groups is 1. The average Bonchev–Trinajstić information content (AvgIpc) is 2.95. The molecule has 0 bridgehead atoms. The molecule has 1 rings (SSSR count). The minimum Gasteiger partial charge on any atom is -0.480 e. The molecule has 0 aliphatic carbocycles. The first-order chi connectivity index (χ1) is 10.2. The van der Waals surface area contributed by atoms with E-state index in [-0.39, 0.29) is 0 Å². The van der Waals surface area contributed by atoms with Crippen LogP contribution in [0.25, 0.3) is 0 Å². The fraction of sp³-hybridized carbons (Fsp3) is 0.933. The van der Waals surface area contributed by atoms with Crippen LogP contribution in [-0.2, 0) is 19.0 Å². The van der Waals surface area contributed by atoms with Gasteiger partial charge in [0.25, 0.3) is 0 Å². The molecule has 0 saturated carbocycles. The number of hydrogen-bond acceptors (Lipinski definition) is 5. The lowest BCUT2D eigenvalue weighted by molar-refractivity contribution is -0.140. The van der Waals surface area contributed by atoms with Crippen LogP contribution in [0.4, 0.5) is 0 Å². The lowest BCUT2D eigenvalue weighted by Crippen LogP contribution is -2.33. The Bertz CT molecular complexity index is 279. The molecule has 5 nitrogen and oxygen atoms in total. The van der Waals surface area contributed by atoms with Crippen molar-refractivity contribution >= 4 is 17.7 Å². The van der Waals surface area contributed by atoms with E-state index in [1.165, 1.54) is 0 Å². The van der Waals surface area contributed by atoms with E-state index >= 15 is 0 Å². The van der Waals surface area contributed by atoms with Gasteiger partial charge in [-0.2, -0.15) is 0 Å². The van der Waals surface area contributed by atoms with E-state index in [2.05, 4.69) is 6.92 Å². The van der Waals surface area contributed by atoms with Crippen molar-refractivity contribution in [2.45, 2.75) is 43.8 Å². The van der Waals surface area contributed by atoms with Crippen LogP contribution in [0.5, 0.6) is 0 Å². The van der Waals surface area contributed by atoms with Crippen molar-refractivity contribution in [2.24, 2.45) is 0 Å². The molecule has 1 aliphatic rings. The molecule has 0 aromatic rings. The van der Waals surface area contributed by atoms with Crippen LogP contribution in [-0.4, -0.2) is 61.2 Å². The highest BCUT2D eigenvalue weighted by Crippen LogP contribution is 2.41. The predicted octanol–water partition coefficient (Wildman–Crippen LogP) is 2.58. The van der Waals surface area contributed by atoms with Crippen molar-refractivity contribution in [3.8, 4) is 0 Å². The third-order valence-electron chi connectivity index (χ3n) is 3.53. The van der Waals surface area contributed by atoms with Gasteiger partial charge in [-0.1, -0.05) is 13.3 Å². The summed E-state index contributed by atoms with van der Waals surface area (Å²) in [6, 6.07) is 0. The minimum absolute atomic E-state index is 0.482. The largest absolute Gasteiger partial charge is 0.480 e. The van der Waals surface area contributed by atoms with Gasteiger partial charge >= 0.3 is 5.97 Å². The number of unbranched alkanes of at least 4 members (excludes halogenated alkanes) is 1. The molecule has 0 spiro atoms. The lowest BCUT2D eigenvalue weighted by Gasteiger charge is -2.22. The normalized spacial score (nSPS) is 21.8. The van der Waals surface area contributed by atoms with E-state index in [0.717, 1.165) is 38.0 Å². The predicted molar refractivity (Wildman–Crippen MR) is 84.0 cm³/mol. The fourth-order valence-corrected chi connectivity index (χ4v) is 3.51. The zero-order valence-corrected chi connectivity index (χ0v) is 13.8. The van der Waals surface area contributed by atoms with E-state index in [4.69, 9.17) is 14.2 Å². The Balaban J connectivity index is 1.91. The highest BCUT2D eigenvalue weighted by molar-refractivity contribution is 8.01. The van der Waals surface area contributed by atoms with E-state index in [1.807, 2.05) is 0 Å². The third-order valence-corrected chi connectivity index (χ3v) is 5.16. The Morgan fingerprint density at radius 3 is 2.24 bits per heavy atom. The number of thioether (sulfide) groups is 1. The van der Waals surface area contributed by atoms with E-state index in [9.17, 15) is 9.90 Å². The molecule has 21 heavy (non-hydrogen) atoms. The number of ether oxygens (including phenoxy) is 3. The van der Waals surface area contributed by atoms with Crippen LogP contribution in [0.2, 0.25) is 0 Å². The van der Waals surface area contributed by atoms with Crippen molar-refractivity contribution in [1.82, 2.24) is 0 Å². The summed E-state index contributed by atoms with van der Waals surface area (Å²) in [6.45, 7) is 5.66. The topological polar surface area (TPSA) is 65.0 Å². The molecule has 1 aliphatic heterocycles. The van der Waals surface area contributed by atoms with Crippen LogP contribution in [0, 0.1) is 0 Å². The lowest BCUT2D eigenvalue weighted by atomic mass is 10.00. The van der Waals surface area contributed by atoms with Crippen molar-refractivity contribution in [2.75, 3.05) is 45.4 Å². The Hall–Kier alpha value is -0.300. The molecule has 0 aromatic carbocycles. The Kier molecular flexibility index (Phi) is 10.1. The molecule has 0 aromatic heterocycles. The summed E-state index contributed by atoms with van der Waals surface area (Å²) >= 11 is 1.55. The second-order valence-electron chi connectivity index (χ2n) is 5.19. The summed E-state index contributed by atoms with van der Waals surface area (Å²) < 4.78 is 15.6. The van der Waals surface area contributed by atoms with Gasteiger partial charge in [0.1, 0.15) is 4.75 Å². The van der Waals surface area contributed by atoms with Gasteiger partial charge in [-0.05, 0) is 31.4 Å². The standard InChI is InChI=1S/C15H28O5S/c1-2-3-7-18-9-11-20-12-10-19-8-6-15(14(16)17)5-4-13-21-15/h2-13H2,1H3,(H,16,17). The summed E-state index contributed by atoms with van der Waals surface area (Å²) in [6.07, 6.45) is 4.55. The van der Waals surface area contributed by atoms with Gasteiger partial charge in [-0.25, -0.2) is 0 Å². The van der Waals surface area contributed by atoms with Crippen molar-refractivity contribution in [3.63, 3.8) is 0 Å². The van der Waals surface area contributed by atoms with Crippen LogP contribution in [0.15, 0.2) is 0 Å². The van der Waals surface area contributed by atoms with Gasteiger partial charge in [0, 0.05) is 13.2 Å². The number of hydrogen-bond donors (Lipinski definition) is 1. The fourth-order valence-electron chi connectivity index (χ4n) is 2.20. The van der Waals surface area contributed by atoms with Crippen LogP contribution >= 0.6 is 11.8 Å². The molecule has 1 N–H and O–H groups in total. The maximum Gasteiger partial charge on any atom is 0.319 e. The molecule has 1 heterocycles. The second-order valence-corrected chi connectivity index (χ2v) is 6.67. The highest BCUT2D eigenvalue weighted by Gasteiger charge is 2.41. The summed E-state index contributed by atoms with van der Waals surface area (Å²) in [4.78, 5) is 11.3. The van der Waals surface area contributed by atoms with Gasteiger partial charge in [0.2, 0.25) is 0 Å². The Morgan fingerprint density at radius 1 is 1.10 bits per heavy atom. The molecule has 6 heteroatoms. The van der Waals surface area contributed by atoms with Gasteiger partial charge in [0.15, 0.2) is 0 Å². The third kappa shape index (κ3) is 7.49. The molecule has 1 unspecified atom stereocenters. The minimum atomic E-state index is -0.700. The van der Waals surface area contributed by atoms with E-state index in [1.54, 1.807) is 11.8 Å². The molecule has 0 radical (unpaired) electrons. The van der Waals surface area contributed by atoms with Crippen LogP contribution < -0.4 is 0 Å². The quantitative estimate of drug-likeness (QED) is 0.526. The van der Waals surface area contributed by atoms with Gasteiger partial charge in [-0.15, -0.1) is 11.8 Å². The number of carboxylic acids is 1. The monoisotopic (exact) mass is 320 g/mol. The van der Waals surface area contributed by atoms with Gasteiger partial charge in [-0.3, -0.25) is 4.79 Å². The van der Waals surface area contributed by atoms with Crippen LogP contribution in [0.1, 0.15) is 39.0 Å². The van der Waals surface area contributed by atoms with Gasteiger partial charge < -0.3 is 19.3 Å². The molecule has 0 amide bonds. The second kappa shape index (κ2) is 11.3. The molecule has 1 fully saturated rings. The molecular weight excluding hydrogens is 292 g/mol. The van der Waals surface area contributed by atoms with Crippen LogP contribution in [0.3, 0.4) is 0 Å². The van der Waals surface area contributed by atoms with E-state index in [0.29, 0.717) is 39.5 Å². The summed E-state index contributed by atoms with van der Waals surface area (Å²) in [5.41, 5.74) is 0. The smallest absolute Gasteiger partial charge is 0.319 e. The summed E-state index contributed by atoms with van der Waals surface area (Å²) in [5.74, 6) is 0.238. The van der Waals surface area contributed by atoms with Crippen molar-refractivity contribution in [1.29, 1.82) is 0 Å². The first-order valence-corrected chi connectivity index (χ1v) is 8.80. The number of aliphatic carboxylic acids is 1. The number of rotatable bonds is 13. The van der Waals surface area contributed by atoms with Gasteiger partial charge in [0.05, 0.1) is 26.4 Å². The maximum atomic E-state index is 11.3. The Labute approximate surface area is 131 Å². The first kappa shape index (κ1) is 18.7. The molecule has 1 saturated heterocycles. The first-order valence-electron chi connectivity index (χ1n) is 7.82. The van der Waals surface area contributed by atoms with Crippen molar-refractivity contribution in [3.05, 3.63) is 0 Å². The molecular formula is C15H28O5S. The van der Waals surface area contributed by atoms with Crippen molar-refractivity contribution < 1.29 is 24.1 Å². The average molecular weight is 320 g/mol.